The minimum absolute atomic E-state index is 0.0402. The van der Waals surface area contributed by atoms with Crippen LogP contribution in [0.15, 0.2) is 48.7 Å². The van der Waals surface area contributed by atoms with Crippen LogP contribution in [0.3, 0.4) is 0 Å². The summed E-state index contributed by atoms with van der Waals surface area (Å²) in [5, 5.41) is 2.69. The van der Waals surface area contributed by atoms with Gasteiger partial charge in [-0.05, 0) is 87.9 Å². The number of hydrogen-bond donors (Lipinski definition) is 1. The lowest BCUT2D eigenvalue weighted by atomic mass is 9.82. The van der Waals surface area contributed by atoms with E-state index < -0.39 is 17.7 Å². The summed E-state index contributed by atoms with van der Waals surface area (Å²) in [7, 11) is 1.33. The molecule has 0 aliphatic heterocycles. The van der Waals surface area contributed by atoms with Crippen LogP contribution in [0.1, 0.15) is 66.5 Å². The van der Waals surface area contributed by atoms with Gasteiger partial charge in [-0.1, -0.05) is 6.92 Å². The van der Waals surface area contributed by atoms with Crippen LogP contribution in [0.5, 0.6) is 0 Å². The van der Waals surface area contributed by atoms with E-state index in [1.807, 2.05) is 19.9 Å². The van der Waals surface area contributed by atoms with Gasteiger partial charge in [-0.2, -0.15) is 0 Å². The van der Waals surface area contributed by atoms with Crippen LogP contribution in [0.2, 0.25) is 0 Å². The number of nitrogens with one attached hydrogen (secondary N) is 1. The Balaban J connectivity index is 1.59. The van der Waals surface area contributed by atoms with Crippen molar-refractivity contribution < 1.29 is 23.5 Å². The summed E-state index contributed by atoms with van der Waals surface area (Å²) in [6.07, 6.45) is 5.35. The van der Waals surface area contributed by atoms with Crippen molar-refractivity contribution in [3.8, 4) is 10.4 Å². The van der Waals surface area contributed by atoms with Crippen LogP contribution < -0.4 is 10.2 Å². The number of benzene rings is 1. The molecular formula is C29H32FN3O4S. The minimum Gasteiger partial charge on any atom is -0.465 e. The normalized spacial score (nSPS) is 17.2. The molecule has 38 heavy (non-hydrogen) atoms. The van der Waals surface area contributed by atoms with Crippen molar-refractivity contribution in [2.75, 3.05) is 17.3 Å². The van der Waals surface area contributed by atoms with Crippen molar-refractivity contribution >= 4 is 40.6 Å². The van der Waals surface area contributed by atoms with Gasteiger partial charge in [-0.25, -0.2) is 14.2 Å². The van der Waals surface area contributed by atoms with Gasteiger partial charge >= 0.3 is 5.97 Å². The number of aromatic nitrogens is 1. The number of hydrogen-bond acceptors (Lipinski definition) is 6. The first kappa shape index (κ1) is 27.4. The average molecular weight is 538 g/mol. The van der Waals surface area contributed by atoms with E-state index in [-0.39, 0.29) is 17.9 Å². The summed E-state index contributed by atoms with van der Waals surface area (Å²) in [6.45, 7) is 6.11. The van der Waals surface area contributed by atoms with Crippen LogP contribution in [-0.4, -0.2) is 35.9 Å². The standard InChI is InChI=1S/C29H32FN3O4S/c1-17(2)33(28(35)20-7-5-18(3)6-8-20)23-15-24(38-26(23)29(36)37-4)21-11-14-25(31-16-21)32-27(34)19-9-12-22(30)13-10-19/h9-18,20H,5-8H2,1-4H3,(H,31,32,34). The lowest BCUT2D eigenvalue weighted by Gasteiger charge is -2.33. The largest absolute Gasteiger partial charge is 0.465 e. The average Bonchev–Trinajstić information content (AvgIpc) is 3.34. The predicted octanol–water partition coefficient (Wildman–Crippen LogP) is 6.56. The number of anilines is 2. The summed E-state index contributed by atoms with van der Waals surface area (Å²) in [5.41, 5.74) is 1.59. The van der Waals surface area contributed by atoms with Gasteiger partial charge in [0.15, 0.2) is 0 Å². The van der Waals surface area contributed by atoms with Gasteiger partial charge in [0.1, 0.15) is 16.5 Å². The Hall–Kier alpha value is -3.59. The lowest BCUT2D eigenvalue weighted by molar-refractivity contribution is -0.123. The molecule has 1 aromatic carbocycles. The fourth-order valence-electron chi connectivity index (χ4n) is 4.70. The number of rotatable bonds is 7. The third-order valence-corrected chi connectivity index (χ3v) is 8.01. The highest BCUT2D eigenvalue weighted by Gasteiger charge is 2.33. The van der Waals surface area contributed by atoms with E-state index in [9.17, 15) is 18.8 Å². The summed E-state index contributed by atoms with van der Waals surface area (Å²) in [6, 6.07) is 10.4. The summed E-state index contributed by atoms with van der Waals surface area (Å²) in [4.78, 5) is 46.0. The molecule has 7 nitrogen and oxygen atoms in total. The first-order valence-corrected chi connectivity index (χ1v) is 13.6. The Morgan fingerprint density at radius 3 is 2.34 bits per heavy atom. The zero-order chi connectivity index (χ0) is 27.4. The summed E-state index contributed by atoms with van der Waals surface area (Å²) >= 11 is 1.24. The van der Waals surface area contributed by atoms with E-state index in [4.69, 9.17) is 4.74 Å². The Labute approximate surface area is 226 Å². The first-order chi connectivity index (χ1) is 18.2. The molecule has 1 N–H and O–H groups in total. The zero-order valence-corrected chi connectivity index (χ0v) is 22.8. The number of thiophene rings is 1. The van der Waals surface area contributed by atoms with E-state index in [0.717, 1.165) is 36.1 Å². The van der Waals surface area contributed by atoms with Gasteiger partial charge < -0.3 is 15.0 Å². The topological polar surface area (TPSA) is 88.6 Å². The molecule has 2 amide bonds. The third-order valence-electron chi connectivity index (χ3n) is 6.86. The molecule has 1 fully saturated rings. The van der Waals surface area contributed by atoms with Crippen LogP contribution in [0.4, 0.5) is 15.9 Å². The second-order valence-electron chi connectivity index (χ2n) is 9.97. The van der Waals surface area contributed by atoms with Crippen LogP contribution in [0, 0.1) is 17.7 Å². The Kier molecular flexibility index (Phi) is 8.56. The molecule has 9 heteroatoms. The number of halogens is 1. The fourth-order valence-corrected chi connectivity index (χ4v) is 5.76. The maximum absolute atomic E-state index is 13.6. The molecule has 1 aliphatic rings. The monoisotopic (exact) mass is 537 g/mol. The number of pyridine rings is 1. The Morgan fingerprint density at radius 1 is 1.08 bits per heavy atom. The second-order valence-corrected chi connectivity index (χ2v) is 11.0. The van der Waals surface area contributed by atoms with E-state index in [0.29, 0.717) is 27.9 Å². The molecule has 0 spiro atoms. The molecule has 3 aromatic rings. The molecule has 0 radical (unpaired) electrons. The number of methoxy groups -OCH3 is 1. The van der Waals surface area contributed by atoms with E-state index in [2.05, 4.69) is 17.2 Å². The van der Waals surface area contributed by atoms with Gasteiger partial charge in [0.2, 0.25) is 5.91 Å². The Bertz CT molecular complexity index is 1300. The molecule has 0 unspecified atom stereocenters. The molecule has 200 valence electrons. The van der Waals surface area contributed by atoms with Gasteiger partial charge in [0.05, 0.1) is 12.8 Å². The molecule has 4 rings (SSSR count). The molecule has 1 aliphatic carbocycles. The molecular weight excluding hydrogens is 505 g/mol. The van der Waals surface area contributed by atoms with Gasteiger partial charge in [0, 0.05) is 34.2 Å². The number of esters is 1. The second kappa shape index (κ2) is 11.9. The zero-order valence-electron chi connectivity index (χ0n) is 22.0. The van der Waals surface area contributed by atoms with Gasteiger partial charge in [-0.3, -0.25) is 9.59 Å². The molecule has 0 atom stereocenters. The fraction of sp³-hybridized carbons (Fsp3) is 0.379. The molecule has 2 heterocycles. The van der Waals surface area contributed by atoms with Crippen molar-refractivity contribution in [3.05, 3.63) is 64.9 Å². The molecule has 0 bridgehead atoms. The van der Waals surface area contributed by atoms with Crippen molar-refractivity contribution in [3.63, 3.8) is 0 Å². The smallest absolute Gasteiger partial charge is 0.350 e. The molecule has 0 saturated heterocycles. The number of nitrogens with zero attached hydrogens (tertiary/aromatic N) is 2. The van der Waals surface area contributed by atoms with Crippen molar-refractivity contribution in [2.24, 2.45) is 11.8 Å². The van der Waals surface area contributed by atoms with Crippen molar-refractivity contribution in [1.82, 2.24) is 4.98 Å². The Morgan fingerprint density at radius 2 is 1.76 bits per heavy atom. The predicted molar refractivity (Wildman–Crippen MR) is 147 cm³/mol. The molecule has 1 saturated carbocycles. The van der Waals surface area contributed by atoms with E-state index >= 15 is 0 Å². The maximum atomic E-state index is 13.6. The van der Waals surface area contributed by atoms with E-state index in [1.54, 1.807) is 23.2 Å². The number of ether oxygens (including phenoxy) is 1. The number of amides is 2. The van der Waals surface area contributed by atoms with Gasteiger partial charge in [-0.15, -0.1) is 11.3 Å². The van der Waals surface area contributed by atoms with Crippen molar-refractivity contribution in [2.45, 2.75) is 52.5 Å². The van der Waals surface area contributed by atoms with Crippen LogP contribution >= 0.6 is 11.3 Å². The van der Waals surface area contributed by atoms with Crippen molar-refractivity contribution in [1.29, 1.82) is 0 Å². The number of carbonyl (C=O) groups excluding carboxylic acids is 3. The van der Waals surface area contributed by atoms with Crippen LogP contribution in [-0.2, 0) is 9.53 Å². The maximum Gasteiger partial charge on any atom is 0.350 e. The SMILES string of the molecule is COC(=O)c1sc(-c2ccc(NC(=O)c3ccc(F)cc3)nc2)cc1N(C(=O)C1CCC(C)CC1)C(C)C. The third kappa shape index (κ3) is 6.10. The highest BCUT2D eigenvalue weighted by molar-refractivity contribution is 7.18. The quantitative estimate of drug-likeness (QED) is 0.345. The molecule has 2 aromatic heterocycles. The highest BCUT2D eigenvalue weighted by atomic mass is 32.1. The minimum atomic E-state index is -0.497. The van der Waals surface area contributed by atoms with E-state index in [1.165, 1.54) is 42.7 Å². The lowest BCUT2D eigenvalue weighted by Crippen LogP contribution is -2.42. The summed E-state index contributed by atoms with van der Waals surface area (Å²) < 4.78 is 18.2. The first-order valence-electron chi connectivity index (χ1n) is 12.8. The van der Waals surface area contributed by atoms with Crippen LogP contribution in [0.25, 0.3) is 10.4 Å². The highest BCUT2D eigenvalue weighted by Crippen LogP contribution is 2.40. The summed E-state index contributed by atoms with van der Waals surface area (Å²) in [5.74, 6) is -0.384. The number of carbonyl (C=O) groups is 3. The van der Waals surface area contributed by atoms with Gasteiger partial charge in [0.25, 0.3) is 5.91 Å².